The zero-order valence-electron chi connectivity index (χ0n) is 27.8. The highest BCUT2D eigenvalue weighted by atomic mass is 31.1. The molecule has 0 N–H and O–H groups in total. The zero-order chi connectivity index (χ0) is 29.2. The smallest absolute Gasteiger partial charge is 0.00833 e. The summed E-state index contributed by atoms with van der Waals surface area (Å²) < 4.78 is 0. The van der Waals surface area contributed by atoms with E-state index in [0.717, 1.165) is 40.9 Å². The molecule has 3 saturated carbocycles. The fourth-order valence-corrected chi connectivity index (χ4v) is 9.79. The maximum absolute atomic E-state index is 2.76. The van der Waals surface area contributed by atoms with Gasteiger partial charge in [0, 0.05) is 9.27 Å². The van der Waals surface area contributed by atoms with Crippen LogP contribution in [-0.4, -0.2) is 5.40 Å². The van der Waals surface area contributed by atoms with E-state index in [4.69, 9.17) is 0 Å². The number of allylic oxidation sites excluding steroid dienone is 4. The number of hydrogen-bond acceptors (Lipinski definition) is 0. The van der Waals surface area contributed by atoms with Gasteiger partial charge in [0.1, 0.15) is 0 Å². The van der Waals surface area contributed by atoms with Gasteiger partial charge in [-0.2, -0.15) is 0 Å². The molecular formula is C37H73P2. The fourth-order valence-electron chi connectivity index (χ4n) is 9.13. The van der Waals surface area contributed by atoms with Crippen molar-refractivity contribution < 1.29 is 2.85 Å². The molecule has 0 heterocycles. The number of unbranched alkanes of at least 4 members (excludes halogenated alkanes) is 1. The predicted molar refractivity (Wildman–Crippen MR) is 189 cm³/mol. The van der Waals surface area contributed by atoms with Crippen molar-refractivity contribution in [3.05, 3.63) is 29.7 Å². The van der Waals surface area contributed by atoms with E-state index >= 15 is 0 Å². The topological polar surface area (TPSA) is 0 Å². The Morgan fingerprint density at radius 1 is 0.923 bits per heavy atom. The van der Waals surface area contributed by atoms with Gasteiger partial charge in [0.25, 0.3) is 0 Å². The van der Waals surface area contributed by atoms with Crippen molar-refractivity contribution in [2.24, 2.45) is 46.3 Å². The third kappa shape index (κ3) is 8.92. The lowest BCUT2D eigenvalue weighted by Crippen LogP contribution is -2.50. The van der Waals surface area contributed by atoms with Crippen LogP contribution >= 0.6 is 18.5 Å². The van der Waals surface area contributed by atoms with Gasteiger partial charge in [0.15, 0.2) is 0 Å². The van der Waals surface area contributed by atoms with Crippen LogP contribution in [0.1, 0.15) is 155 Å². The Kier molecular flexibility index (Phi) is 15.3. The molecule has 5 rings (SSSR count). The zero-order valence-corrected chi connectivity index (χ0v) is 30.1. The molecule has 1 radical (unpaired) electrons. The predicted octanol–water partition coefficient (Wildman–Crippen LogP) is 12.9. The largest absolute Gasteiger partial charge is 0.130 e. The first-order chi connectivity index (χ1) is 18.7. The average Bonchev–Trinajstić information content (AvgIpc) is 3.71. The molecule has 0 nitrogen and oxygen atoms in total. The quantitative estimate of drug-likeness (QED) is 0.152. The summed E-state index contributed by atoms with van der Waals surface area (Å²) in [6.07, 6.45) is 27.8. The van der Waals surface area contributed by atoms with Gasteiger partial charge in [-0.15, -0.1) is 18.5 Å². The molecule has 2 heteroatoms. The SMILES string of the molecule is CC.CC.CC(C)CCCC[C@H]1CCC2[C@@H]3CC=C4C[C@@H](C5=C[CH]5)CC[C@]4(C)C3CC[C@@]21C.CCCC(P)P.[HH].[HH]. The Labute approximate surface area is 254 Å². The highest BCUT2D eigenvalue weighted by Gasteiger charge is 2.58. The van der Waals surface area contributed by atoms with Gasteiger partial charge < -0.3 is 0 Å². The average molecular weight is 580 g/mol. The third-order valence-electron chi connectivity index (χ3n) is 11.3. The molecular weight excluding hydrogens is 506 g/mol. The summed E-state index contributed by atoms with van der Waals surface area (Å²) in [5, 5.41) is 0.731. The molecule has 4 unspecified atom stereocenters. The Morgan fingerprint density at radius 2 is 1.62 bits per heavy atom. The summed E-state index contributed by atoms with van der Waals surface area (Å²) in [6, 6.07) is 0. The van der Waals surface area contributed by atoms with Gasteiger partial charge in [-0.05, 0) is 116 Å². The van der Waals surface area contributed by atoms with Gasteiger partial charge >= 0.3 is 0 Å². The Bertz CT molecular complexity index is 775. The summed E-state index contributed by atoms with van der Waals surface area (Å²) in [6.45, 7) is 20.4. The number of fused-ring (bicyclic) bond motifs is 5. The first-order valence-corrected chi connectivity index (χ1v) is 18.8. The number of hydrogen-bond donors (Lipinski definition) is 0. The van der Waals surface area contributed by atoms with E-state index in [-0.39, 0.29) is 2.85 Å². The molecule has 0 saturated heterocycles. The summed E-state index contributed by atoms with van der Waals surface area (Å²) in [5.41, 5.74) is 4.72. The van der Waals surface area contributed by atoms with Gasteiger partial charge in [-0.25, -0.2) is 0 Å². The lowest BCUT2D eigenvalue weighted by atomic mass is 9.47. The second kappa shape index (κ2) is 16.8. The van der Waals surface area contributed by atoms with Crippen LogP contribution in [0, 0.1) is 52.8 Å². The second-order valence-electron chi connectivity index (χ2n) is 14.0. The molecule has 0 amide bonds. The molecule has 0 spiro atoms. The molecule has 5 aliphatic carbocycles. The summed E-state index contributed by atoms with van der Waals surface area (Å²) in [5.74, 6) is 5.76. The van der Waals surface area contributed by atoms with Gasteiger partial charge in [0.05, 0.1) is 0 Å². The van der Waals surface area contributed by atoms with Crippen LogP contribution in [0.3, 0.4) is 0 Å². The van der Waals surface area contributed by atoms with E-state index in [9.17, 15) is 0 Å². The van der Waals surface area contributed by atoms with Crippen LogP contribution in [0.5, 0.6) is 0 Å². The molecule has 0 aromatic heterocycles. The Balaban J connectivity index is 0.00000118. The van der Waals surface area contributed by atoms with Crippen molar-refractivity contribution in [1.82, 2.24) is 0 Å². The molecule has 3 fully saturated rings. The van der Waals surface area contributed by atoms with E-state index in [0.29, 0.717) is 10.8 Å². The molecule has 0 aliphatic heterocycles. The second-order valence-corrected chi connectivity index (χ2v) is 16.5. The van der Waals surface area contributed by atoms with Crippen molar-refractivity contribution in [3.8, 4) is 0 Å². The lowest BCUT2D eigenvalue weighted by molar-refractivity contribution is -0.0445. The van der Waals surface area contributed by atoms with Gasteiger partial charge in [0.2, 0.25) is 0 Å². The number of rotatable bonds is 8. The highest BCUT2D eigenvalue weighted by Crippen LogP contribution is 2.67. The van der Waals surface area contributed by atoms with Gasteiger partial charge in [-0.1, -0.05) is 111 Å². The molecule has 0 aromatic carbocycles. The summed E-state index contributed by atoms with van der Waals surface area (Å²) in [4.78, 5) is 0. The van der Waals surface area contributed by atoms with Crippen molar-refractivity contribution in [2.75, 3.05) is 0 Å². The van der Waals surface area contributed by atoms with Crippen LogP contribution in [0.4, 0.5) is 0 Å². The molecule has 0 bridgehead atoms. The molecule has 0 aromatic rings. The Hall–Kier alpha value is 0.340. The first-order valence-electron chi connectivity index (χ1n) is 17.4. The van der Waals surface area contributed by atoms with E-state index in [1.165, 1.54) is 89.9 Å². The van der Waals surface area contributed by atoms with Crippen LogP contribution < -0.4 is 0 Å². The maximum atomic E-state index is 2.76. The third-order valence-corrected chi connectivity index (χ3v) is 12.0. The molecule has 231 valence electrons. The standard InChI is InChI=1S/C29H45.C4H12P2.2C2H6.2H2/c1-20(2)7-5-6-8-23-12-14-26-25-13-11-24-19-22(21-9-10-21)15-17-29(24,4)27(25)16-18-28(23,26)3;1-2-3-4(5)6;2*1-2;;/h9-11,20,22-23,25-27H,5-8,12-19H2,1-4H3;4H,2-3,5-6H2,1H3;2*1-2H3;2*1H/t22-,23-,25-,26?,27?,28+,29-;;;;;/m0...../s1. The first kappa shape index (κ1) is 35.5. The molecule has 5 aliphatic rings. The van der Waals surface area contributed by atoms with Crippen LogP contribution in [-0.2, 0) is 0 Å². The maximum Gasteiger partial charge on any atom is 0.00833 e. The minimum absolute atomic E-state index is 0. The summed E-state index contributed by atoms with van der Waals surface area (Å²) in [7, 11) is 5.48. The van der Waals surface area contributed by atoms with Crippen molar-refractivity contribution in [3.63, 3.8) is 0 Å². The van der Waals surface area contributed by atoms with Crippen LogP contribution in [0.2, 0.25) is 0 Å². The fraction of sp³-hybridized carbons (Fsp3) is 0.865. The van der Waals surface area contributed by atoms with Crippen LogP contribution in [0.15, 0.2) is 23.3 Å². The van der Waals surface area contributed by atoms with E-state index in [1.807, 2.05) is 33.3 Å². The monoisotopic (exact) mass is 580 g/mol. The van der Waals surface area contributed by atoms with Crippen molar-refractivity contribution in [2.45, 2.75) is 158 Å². The van der Waals surface area contributed by atoms with Crippen molar-refractivity contribution >= 4 is 18.5 Å². The highest BCUT2D eigenvalue weighted by molar-refractivity contribution is 7.37. The normalized spacial score (nSPS) is 36.0. The van der Waals surface area contributed by atoms with E-state index < -0.39 is 0 Å². The summed E-state index contributed by atoms with van der Waals surface area (Å²) >= 11 is 0. The van der Waals surface area contributed by atoms with E-state index in [1.54, 1.807) is 5.57 Å². The molecule has 39 heavy (non-hydrogen) atoms. The van der Waals surface area contributed by atoms with Crippen LogP contribution in [0.25, 0.3) is 0 Å². The lowest BCUT2D eigenvalue weighted by Gasteiger charge is -2.58. The van der Waals surface area contributed by atoms with Gasteiger partial charge in [-0.3, -0.25) is 0 Å². The minimum Gasteiger partial charge on any atom is -0.130 e. The molecule has 9 atom stereocenters. The van der Waals surface area contributed by atoms with E-state index in [2.05, 4.69) is 71.7 Å². The minimum atomic E-state index is 0. The van der Waals surface area contributed by atoms with Crippen molar-refractivity contribution in [1.29, 1.82) is 0 Å². The Morgan fingerprint density at radius 3 is 2.18 bits per heavy atom.